The monoisotopic (exact) mass is 1520 g/mol. The van der Waals surface area contributed by atoms with Crippen LogP contribution in [0.15, 0.2) is 168 Å². The van der Waals surface area contributed by atoms with Gasteiger partial charge in [-0.05, 0) is 156 Å². The first-order valence-corrected chi connectivity index (χ1v) is 43.1. The third kappa shape index (κ3) is 12.2. The maximum atomic E-state index is 15.0. The van der Waals surface area contributed by atoms with Gasteiger partial charge in [0.2, 0.25) is 0 Å². The number of hydrogen-bond donors (Lipinski definition) is 0. The van der Waals surface area contributed by atoms with Gasteiger partial charge in [-0.3, -0.25) is 9.59 Å². The fourth-order valence-corrected chi connectivity index (χ4v) is 26.2. The number of halogens is 2. The maximum absolute atomic E-state index is 15.0. The zero-order chi connectivity index (χ0) is 74.5. The van der Waals surface area contributed by atoms with Crippen LogP contribution in [-0.2, 0) is 36.5 Å². The van der Waals surface area contributed by atoms with Crippen LogP contribution >= 0.6 is 68.0 Å². The van der Waals surface area contributed by atoms with Gasteiger partial charge in [-0.15, -0.1) is 68.0 Å². The minimum atomic E-state index is -0.872. The molecule has 108 heavy (non-hydrogen) atoms. The van der Waals surface area contributed by atoms with Crippen LogP contribution in [0.25, 0.3) is 71.0 Å². The summed E-state index contributed by atoms with van der Waals surface area (Å²) in [5.74, 6) is -2.00. The van der Waals surface area contributed by atoms with Gasteiger partial charge in [-0.2, -0.15) is 21.0 Å². The molecule has 536 valence electrons. The van der Waals surface area contributed by atoms with Crippen molar-refractivity contribution < 1.29 is 18.4 Å². The predicted octanol–water partition coefficient (Wildman–Crippen LogP) is 27.2. The smallest absolute Gasteiger partial charge is 0.194 e. The summed E-state index contributed by atoms with van der Waals surface area (Å²) in [5, 5.41) is 41.6. The quantitative estimate of drug-likeness (QED) is 0.0302. The second-order valence-corrected chi connectivity index (χ2v) is 35.5. The van der Waals surface area contributed by atoms with E-state index in [1.807, 2.05) is 34.8 Å². The molecule has 12 aromatic rings. The molecule has 0 bridgehead atoms. The molecule has 14 heteroatoms. The van der Waals surface area contributed by atoms with Crippen LogP contribution in [0.5, 0.6) is 0 Å². The van der Waals surface area contributed by atoms with E-state index in [1.165, 1.54) is 161 Å². The molecule has 0 N–H and O–H groups in total. The summed E-state index contributed by atoms with van der Waals surface area (Å²) in [6, 6.07) is 58.6. The van der Waals surface area contributed by atoms with Gasteiger partial charge in [-0.1, -0.05) is 214 Å². The second kappa shape index (κ2) is 30.5. The highest BCUT2D eigenvalue weighted by Gasteiger charge is 2.57. The summed E-state index contributed by atoms with van der Waals surface area (Å²) in [6.45, 7) is 9.02. The lowest BCUT2D eigenvalue weighted by Gasteiger charge is -2.34. The highest BCUT2D eigenvalue weighted by molar-refractivity contribution is 7.37. The molecule has 16 rings (SSSR count). The van der Waals surface area contributed by atoms with E-state index in [4.69, 9.17) is 0 Å². The molecule has 0 spiro atoms. The van der Waals surface area contributed by atoms with E-state index >= 15 is 8.78 Å². The van der Waals surface area contributed by atoms with Crippen molar-refractivity contribution in [3.8, 4) is 43.8 Å². The number of unbranched alkanes of at least 4 members (excludes halogenated alkanes) is 12. The minimum Gasteiger partial charge on any atom is -0.289 e. The molecule has 0 atom stereocenters. The number of aryl methyl sites for hydroxylation is 4. The van der Waals surface area contributed by atoms with Crippen molar-refractivity contribution in [2.75, 3.05) is 0 Å². The molecule has 4 aliphatic carbocycles. The SMILES string of the molecule is CCCCCCc1ccc(C2(c3ccc(CCCCCC)cc3)c3c(sc4cc(/C=C5\C(=O)c6cc(F)ccc6C5=C(C#N)C#N)sc34)-c3sc4c5c(sc4c32)-c2sc3cc(/C=C4\C(=O)c6cc(F)ccc6C4=C(C#N)C#N)sc3c2C5(c2ccc(CCCCCC)cc2)c2ccc(CCCCCC)cc2)cc1. The van der Waals surface area contributed by atoms with Crippen molar-refractivity contribution in [2.45, 2.75) is 167 Å². The molecular weight excluding hydrogens is 1450 g/mol. The Morgan fingerprint density at radius 2 is 0.648 bits per heavy atom. The summed E-state index contributed by atoms with van der Waals surface area (Å²) in [6.07, 6.45) is 26.0. The van der Waals surface area contributed by atoms with Crippen LogP contribution in [0, 0.1) is 57.0 Å². The number of benzene rings is 6. The number of allylic oxidation sites excluding steroid dienone is 6. The van der Waals surface area contributed by atoms with E-state index in [-0.39, 0.29) is 44.6 Å². The number of nitriles is 4. The molecule has 0 unspecified atom stereocenters. The summed E-state index contributed by atoms with van der Waals surface area (Å²) in [5.41, 5.74) is 14.5. The topological polar surface area (TPSA) is 129 Å². The lowest BCUT2D eigenvalue weighted by atomic mass is 9.67. The number of hydrogen-bond acceptors (Lipinski definition) is 12. The van der Waals surface area contributed by atoms with E-state index in [9.17, 15) is 30.6 Å². The summed E-state index contributed by atoms with van der Waals surface area (Å²) < 4.78 is 36.8. The van der Waals surface area contributed by atoms with Gasteiger partial charge in [0.1, 0.15) is 47.1 Å². The van der Waals surface area contributed by atoms with Crippen molar-refractivity contribution >= 4 is 131 Å². The van der Waals surface area contributed by atoms with Crippen LogP contribution < -0.4 is 0 Å². The predicted molar refractivity (Wildman–Crippen MR) is 446 cm³/mol. The highest BCUT2D eigenvalue weighted by atomic mass is 32.1. The van der Waals surface area contributed by atoms with Gasteiger partial charge >= 0.3 is 0 Å². The van der Waals surface area contributed by atoms with Crippen LogP contribution in [0.4, 0.5) is 8.78 Å². The molecule has 6 nitrogen and oxygen atoms in total. The number of carbonyl (C=O) groups is 2. The molecule has 0 saturated carbocycles. The van der Waals surface area contributed by atoms with Gasteiger partial charge in [0.15, 0.2) is 11.6 Å². The zero-order valence-corrected chi connectivity index (χ0v) is 65.9. The van der Waals surface area contributed by atoms with E-state index in [0.29, 0.717) is 11.1 Å². The minimum absolute atomic E-state index is 0.130. The molecule has 6 aromatic carbocycles. The average Bonchev–Trinajstić information content (AvgIpc) is 1.48. The normalized spacial score (nSPS) is 14.9. The standard InChI is InChI=1S/C94H78F2N4O2S6/c1-5-9-13-17-21-55-25-33-61(34-26-55)93(62-35-27-56(28-36-62)22-18-14-10-6-2)79-85-75(49-67(103-85)47-73-77(59(51-97)52-98)69-43-41-65(95)45-71(69)83(73)101)105-87(79)89-81(93)91-92(107-89)82-90(108-91)88-80(86-76(106-88)50-68(104-86)48-74-78(60(53-99)54-100)70-44-42-66(96)46-72(70)84(74)102)94(82,63-37-29-57(30-38-63)23-19-15-11-7-3)64-39-31-58(32-40-64)24-20-16-12-8-4/h25-50H,5-24H2,1-4H3/b73-47-,74-48-. The summed E-state index contributed by atoms with van der Waals surface area (Å²) >= 11 is 10.6. The lowest BCUT2D eigenvalue weighted by molar-refractivity contribution is 0.103. The van der Waals surface area contributed by atoms with Crippen molar-refractivity contribution in [3.63, 3.8) is 0 Å². The fraction of sp³-hybridized carbons (Fsp3) is 0.277. The van der Waals surface area contributed by atoms with Gasteiger partial charge in [-0.25, -0.2) is 8.78 Å². The summed E-state index contributed by atoms with van der Waals surface area (Å²) in [4.78, 5) is 35.6. The van der Waals surface area contributed by atoms with Crippen molar-refractivity contribution in [1.82, 2.24) is 0 Å². The molecule has 6 aromatic heterocycles. The number of ketones is 2. The Morgan fingerprint density at radius 3 is 0.944 bits per heavy atom. The molecule has 4 aliphatic rings. The fourth-order valence-electron chi connectivity index (χ4n) is 17.4. The van der Waals surface area contributed by atoms with Gasteiger partial charge < -0.3 is 0 Å². The molecule has 0 aliphatic heterocycles. The van der Waals surface area contributed by atoms with E-state index in [0.717, 1.165) is 128 Å². The van der Waals surface area contributed by atoms with E-state index in [1.54, 1.807) is 45.3 Å². The van der Waals surface area contributed by atoms with Gasteiger partial charge in [0, 0.05) is 74.8 Å². The Hall–Kier alpha value is -9.58. The number of Topliss-reactive ketones (excluding diaryl/α,β-unsaturated/α-hetero) is 2. The zero-order valence-electron chi connectivity index (χ0n) is 61.0. The number of nitrogens with zero attached hydrogens (tertiary/aromatic N) is 4. The Labute approximate surface area is 654 Å². The Balaban J connectivity index is 0.970. The Bertz CT molecular complexity index is 5420. The second-order valence-electron chi connectivity index (χ2n) is 29.2. The van der Waals surface area contributed by atoms with Crippen molar-refractivity contribution in [1.29, 1.82) is 21.0 Å². The van der Waals surface area contributed by atoms with Crippen molar-refractivity contribution in [2.24, 2.45) is 0 Å². The number of carbonyl (C=O) groups excluding carboxylic acids is 2. The number of fused-ring (bicyclic) bond motifs is 15. The van der Waals surface area contributed by atoms with Crippen LogP contribution in [0.2, 0.25) is 0 Å². The van der Waals surface area contributed by atoms with Gasteiger partial charge in [0.25, 0.3) is 0 Å². The Kier molecular flexibility index (Phi) is 20.5. The molecule has 0 fully saturated rings. The molecule has 0 saturated heterocycles. The molecule has 6 heterocycles. The Morgan fingerprint density at radius 1 is 0.352 bits per heavy atom. The number of thiophene rings is 6. The first kappa shape index (κ1) is 72.6. The number of rotatable bonds is 26. The largest absolute Gasteiger partial charge is 0.289 e. The van der Waals surface area contributed by atoms with Crippen LogP contribution in [0.3, 0.4) is 0 Å². The average molecular weight is 1530 g/mol. The first-order chi connectivity index (χ1) is 52.8. The van der Waals surface area contributed by atoms with Crippen molar-refractivity contribution in [3.05, 3.63) is 278 Å². The first-order valence-electron chi connectivity index (χ1n) is 38.2. The third-order valence-corrected chi connectivity index (χ3v) is 30.2. The molecular formula is C94H78F2N4O2S6. The summed E-state index contributed by atoms with van der Waals surface area (Å²) in [7, 11) is 0. The van der Waals surface area contributed by atoms with E-state index in [2.05, 4.69) is 161 Å². The highest BCUT2D eigenvalue weighted by Crippen LogP contribution is 2.72. The van der Waals surface area contributed by atoms with Crippen LogP contribution in [0.1, 0.15) is 239 Å². The van der Waals surface area contributed by atoms with E-state index < -0.39 is 34.0 Å². The molecule has 0 radical (unpaired) electrons. The van der Waals surface area contributed by atoms with Gasteiger partial charge in [0.05, 0.1) is 49.1 Å². The maximum Gasteiger partial charge on any atom is 0.194 e. The third-order valence-electron chi connectivity index (χ3n) is 22.6. The van der Waals surface area contributed by atoms with Crippen LogP contribution in [-0.4, -0.2) is 11.6 Å². The lowest BCUT2D eigenvalue weighted by Crippen LogP contribution is -2.29. The molecule has 0 amide bonds.